The third kappa shape index (κ3) is 3.65. The summed E-state index contributed by atoms with van der Waals surface area (Å²) < 4.78 is 0. The highest BCUT2D eigenvalue weighted by Gasteiger charge is 2.31. The molecular formula is C19H24O3. The fourth-order valence-corrected chi connectivity index (χ4v) is 2.90. The van der Waals surface area contributed by atoms with Gasteiger partial charge in [-0.05, 0) is 12.8 Å². The summed E-state index contributed by atoms with van der Waals surface area (Å²) >= 11 is 0. The second-order valence-electron chi connectivity index (χ2n) is 5.90. The van der Waals surface area contributed by atoms with Crippen molar-refractivity contribution in [1.29, 1.82) is 0 Å². The Morgan fingerprint density at radius 3 is 2.00 bits per heavy atom. The average molecular weight is 300 g/mol. The Morgan fingerprint density at radius 2 is 1.36 bits per heavy atom. The van der Waals surface area contributed by atoms with Crippen LogP contribution in [0.15, 0.2) is 35.6 Å². The largest absolute Gasteiger partial charge is 0.504 e. The van der Waals surface area contributed by atoms with Crippen LogP contribution in [-0.2, 0) is 0 Å². The van der Waals surface area contributed by atoms with E-state index in [1.165, 1.54) is 25.7 Å². The Labute approximate surface area is 132 Å². The van der Waals surface area contributed by atoms with Gasteiger partial charge in [-0.2, -0.15) is 0 Å². The molecule has 3 heteroatoms. The number of hydrogen-bond acceptors (Lipinski definition) is 3. The summed E-state index contributed by atoms with van der Waals surface area (Å²) in [6.45, 7) is 2.19. The second kappa shape index (κ2) is 7.92. The topological polar surface area (TPSA) is 54.4 Å². The smallest absolute Gasteiger partial charge is 0.228 e. The predicted octanol–water partition coefficient (Wildman–Crippen LogP) is 5.02. The van der Waals surface area contributed by atoms with Crippen molar-refractivity contribution in [2.24, 2.45) is 0 Å². The molecule has 0 spiro atoms. The molecule has 1 aromatic rings. The van der Waals surface area contributed by atoms with Crippen molar-refractivity contribution in [3.05, 3.63) is 46.7 Å². The summed E-state index contributed by atoms with van der Waals surface area (Å²) in [5.41, 5.74) is 1.02. The van der Waals surface area contributed by atoms with Gasteiger partial charge in [-0.1, -0.05) is 69.7 Å². The van der Waals surface area contributed by atoms with E-state index in [0.29, 0.717) is 17.5 Å². The van der Waals surface area contributed by atoms with E-state index in [0.717, 1.165) is 19.3 Å². The van der Waals surface area contributed by atoms with E-state index < -0.39 is 5.78 Å². The molecule has 118 valence electrons. The third-order valence-corrected chi connectivity index (χ3v) is 4.22. The Bertz CT molecular complexity index is 584. The fourth-order valence-electron chi connectivity index (χ4n) is 2.90. The molecule has 1 aliphatic rings. The second-order valence-corrected chi connectivity index (χ2v) is 5.90. The molecule has 0 saturated carbocycles. The molecule has 0 aromatic heterocycles. The van der Waals surface area contributed by atoms with Gasteiger partial charge in [0.1, 0.15) is 0 Å². The molecule has 0 atom stereocenters. The minimum Gasteiger partial charge on any atom is -0.504 e. The lowest BCUT2D eigenvalue weighted by molar-refractivity contribution is 0.0926. The fraction of sp³-hybridized carbons (Fsp3) is 0.474. The van der Waals surface area contributed by atoms with Crippen molar-refractivity contribution in [1.82, 2.24) is 0 Å². The molecule has 0 bridgehead atoms. The number of carbonyl (C=O) groups excluding carboxylic acids is 2. The number of fused-ring (bicyclic) bond motifs is 1. The van der Waals surface area contributed by atoms with Crippen molar-refractivity contribution in [3.8, 4) is 0 Å². The molecule has 1 N–H and O–H groups in total. The Kier molecular flexibility index (Phi) is 5.93. The molecule has 1 aliphatic carbocycles. The third-order valence-electron chi connectivity index (χ3n) is 4.22. The van der Waals surface area contributed by atoms with Crippen LogP contribution in [0.2, 0.25) is 0 Å². The molecule has 22 heavy (non-hydrogen) atoms. The first kappa shape index (κ1) is 16.5. The van der Waals surface area contributed by atoms with Crippen LogP contribution >= 0.6 is 0 Å². The van der Waals surface area contributed by atoms with Gasteiger partial charge in [-0.3, -0.25) is 9.59 Å². The Morgan fingerprint density at radius 1 is 0.818 bits per heavy atom. The first-order valence-electron chi connectivity index (χ1n) is 8.27. The van der Waals surface area contributed by atoms with Crippen molar-refractivity contribution >= 4 is 11.6 Å². The van der Waals surface area contributed by atoms with E-state index in [-0.39, 0.29) is 17.1 Å². The lowest BCUT2D eigenvalue weighted by Gasteiger charge is -2.17. The molecule has 0 heterocycles. The molecule has 0 radical (unpaired) electrons. The number of rotatable bonds is 8. The first-order chi connectivity index (χ1) is 10.7. The molecule has 1 aromatic carbocycles. The number of benzene rings is 1. The number of aliphatic hydroxyl groups excluding tert-OH is 1. The maximum absolute atomic E-state index is 12.4. The normalized spacial score (nSPS) is 14.4. The summed E-state index contributed by atoms with van der Waals surface area (Å²) in [5, 5.41) is 10.0. The maximum atomic E-state index is 12.4. The van der Waals surface area contributed by atoms with Crippen LogP contribution in [-0.4, -0.2) is 16.7 Å². The van der Waals surface area contributed by atoms with Crippen LogP contribution in [0.4, 0.5) is 0 Å². The maximum Gasteiger partial charge on any atom is 0.228 e. The highest BCUT2D eigenvalue weighted by atomic mass is 16.3. The number of unbranched alkanes of at least 4 members (excludes halogenated alkanes) is 6. The van der Waals surface area contributed by atoms with E-state index >= 15 is 0 Å². The number of Topliss-reactive ketones (excluding diaryl/α,β-unsaturated/α-hetero) is 2. The van der Waals surface area contributed by atoms with Crippen LogP contribution < -0.4 is 0 Å². The van der Waals surface area contributed by atoms with Crippen molar-refractivity contribution in [2.45, 2.75) is 58.3 Å². The Hall–Kier alpha value is -1.90. The number of aliphatic hydroxyl groups is 1. The molecule has 0 saturated heterocycles. The van der Waals surface area contributed by atoms with E-state index in [9.17, 15) is 14.7 Å². The van der Waals surface area contributed by atoms with E-state index in [2.05, 4.69) is 6.92 Å². The lowest BCUT2D eigenvalue weighted by Crippen LogP contribution is -2.22. The van der Waals surface area contributed by atoms with E-state index in [1.54, 1.807) is 24.3 Å². The monoisotopic (exact) mass is 300 g/mol. The van der Waals surface area contributed by atoms with Crippen LogP contribution in [0.25, 0.3) is 0 Å². The molecular weight excluding hydrogens is 276 g/mol. The summed E-state index contributed by atoms with van der Waals surface area (Å²) in [6, 6.07) is 6.71. The van der Waals surface area contributed by atoms with Gasteiger partial charge < -0.3 is 5.11 Å². The minimum atomic E-state index is -0.423. The average Bonchev–Trinajstić information content (AvgIpc) is 2.54. The van der Waals surface area contributed by atoms with Gasteiger partial charge in [-0.15, -0.1) is 0 Å². The Balaban J connectivity index is 1.92. The summed E-state index contributed by atoms with van der Waals surface area (Å²) in [4.78, 5) is 24.5. The van der Waals surface area contributed by atoms with Crippen molar-refractivity contribution in [3.63, 3.8) is 0 Å². The highest BCUT2D eigenvalue weighted by Crippen LogP contribution is 2.28. The first-order valence-corrected chi connectivity index (χ1v) is 8.27. The zero-order valence-corrected chi connectivity index (χ0v) is 13.2. The number of allylic oxidation sites excluding steroid dienone is 2. The number of ketones is 2. The van der Waals surface area contributed by atoms with Crippen LogP contribution in [0.3, 0.4) is 0 Å². The van der Waals surface area contributed by atoms with Gasteiger partial charge in [0.05, 0.1) is 0 Å². The molecule has 0 unspecified atom stereocenters. The van der Waals surface area contributed by atoms with Gasteiger partial charge in [-0.25, -0.2) is 0 Å². The van der Waals surface area contributed by atoms with Gasteiger partial charge in [0.2, 0.25) is 5.78 Å². The van der Waals surface area contributed by atoms with Gasteiger partial charge in [0.25, 0.3) is 0 Å². The predicted molar refractivity (Wildman–Crippen MR) is 87.4 cm³/mol. The lowest BCUT2D eigenvalue weighted by atomic mass is 9.86. The standard InChI is InChI=1S/C19H24O3/c1-2-3-4-5-6-7-8-13-16-17(20)14-11-9-10-12-15(14)18(21)19(16)22/h9-12,22H,2-8,13H2,1H3. The van der Waals surface area contributed by atoms with Crippen LogP contribution in [0.1, 0.15) is 79.0 Å². The molecule has 0 amide bonds. The van der Waals surface area contributed by atoms with Crippen molar-refractivity contribution < 1.29 is 14.7 Å². The number of carbonyl (C=O) groups is 2. The molecule has 2 rings (SSSR count). The summed E-state index contributed by atoms with van der Waals surface area (Å²) in [7, 11) is 0. The molecule has 0 aliphatic heterocycles. The van der Waals surface area contributed by atoms with Gasteiger partial charge in [0, 0.05) is 16.7 Å². The quantitative estimate of drug-likeness (QED) is 0.686. The summed E-state index contributed by atoms with van der Waals surface area (Å²) in [5.74, 6) is -0.971. The van der Waals surface area contributed by atoms with Gasteiger partial charge >= 0.3 is 0 Å². The van der Waals surface area contributed by atoms with Gasteiger partial charge in [0.15, 0.2) is 11.5 Å². The SMILES string of the molecule is CCCCCCCCCC1=C(O)C(=O)c2ccccc2C1=O. The summed E-state index contributed by atoms with van der Waals surface area (Å²) in [6.07, 6.45) is 8.48. The van der Waals surface area contributed by atoms with Crippen LogP contribution in [0, 0.1) is 0 Å². The van der Waals surface area contributed by atoms with Crippen molar-refractivity contribution in [2.75, 3.05) is 0 Å². The highest BCUT2D eigenvalue weighted by molar-refractivity contribution is 6.25. The van der Waals surface area contributed by atoms with E-state index in [1.807, 2.05) is 0 Å². The van der Waals surface area contributed by atoms with Crippen LogP contribution in [0.5, 0.6) is 0 Å². The number of hydrogen-bond donors (Lipinski definition) is 1. The molecule has 3 nitrogen and oxygen atoms in total. The minimum absolute atomic E-state index is 0.196. The van der Waals surface area contributed by atoms with E-state index in [4.69, 9.17) is 0 Å². The zero-order valence-electron chi connectivity index (χ0n) is 13.2. The zero-order chi connectivity index (χ0) is 15.9. The molecule has 0 fully saturated rings.